The Balaban J connectivity index is 1.04. The van der Waals surface area contributed by atoms with Crippen LogP contribution >= 0.6 is 0 Å². The van der Waals surface area contributed by atoms with Gasteiger partial charge in [-0.3, -0.25) is 0 Å². The molecular weight excluding hydrogens is 751 g/mol. The zero-order valence-corrected chi connectivity index (χ0v) is 32.5. The van der Waals surface area contributed by atoms with Gasteiger partial charge in [-0.25, -0.2) is 15.0 Å². The summed E-state index contributed by atoms with van der Waals surface area (Å²) < 4.78 is 19.6. The molecule has 13 aromatic rings. The van der Waals surface area contributed by atoms with E-state index in [4.69, 9.17) is 28.2 Å². The number of hydrogen-bond donors (Lipinski definition) is 0. The highest BCUT2D eigenvalue weighted by Crippen LogP contribution is 2.45. The highest BCUT2D eigenvalue weighted by Gasteiger charge is 2.23. The second kappa shape index (κ2) is 13.1. The number of aromatic nitrogens is 3. The van der Waals surface area contributed by atoms with Crippen molar-refractivity contribution in [3.8, 4) is 56.4 Å². The molecule has 4 aromatic heterocycles. The molecule has 9 aromatic carbocycles. The number of fused-ring (bicyclic) bond motifs is 11. The second-order valence-electron chi connectivity index (χ2n) is 15.5. The molecule has 61 heavy (non-hydrogen) atoms. The summed E-state index contributed by atoms with van der Waals surface area (Å²) >= 11 is 0. The van der Waals surface area contributed by atoms with Gasteiger partial charge >= 0.3 is 0 Å². The summed E-state index contributed by atoms with van der Waals surface area (Å²) in [5, 5.41) is 8.39. The molecule has 0 radical (unpaired) electrons. The number of furan rings is 3. The monoisotopic (exact) mass is 781 g/mol. The van der Waals surface area contributed by atoms with Crippen molar-refractivity contribution < 1.29 is 13.3 Å². The summed E-state index contributed by atoms with van der Waals surface area (Å²) in [6.45, 7) is 0. The summed E-state index contributed by atoms with van der Waals surface area (Å²) in [6.07, 6.45) is 0. The molecule has 0 amide bonds. The first-order valence-corrected chi connectivity index (χ1v) is 20.3. The fourth-order valence-electron chi connectivity index (χ4n) is 9.12. The molecule has 0 fully saturated rings. The van der Waals surface area contributed by atoms with Gasteiger partial charge < -0.3 is 13.3 Å². The fourth-order valence-corrected chi connectivity index (χ4v) is 9.12. The van der Waals surface area contributed by atoms with Crippen LogP contribution in [-0.2, 0) is 0 Å². The minimum atomic E-state index is 0.540. The molecule has 0 unspecified atom stereocenters. The number of para-hydroxylation sites is 1. The minimum Gasteiger partial charge on any atom is -0.456 e. The normalized spacial score (nSPS) is 11.9. The van der Waals surface area contributed by atoms with E-state index in [-0.39, 0.29) is 0 Å². The van der Waals surface area contributed by atoms with Crippen molar-refractivity contribution in [2.45, 2.75) is 0 Å². The van der Waals surface area contributed by atoms with Crippen molar-refractivity contribution in [2.75, 3.05) is 0 Å². The molecule has 6 heteroatoms. The van der Waals surface area contributed by atoms with Crippen LogP contribution < -0.4 is 0 Å². The average Bonchev–Trinajstić information content (AvgIpc) is 4.03. The lowest BCUT2D eigenvalue weighted by atomic mass is 9.93. The maximum absolute atomic E-state index is 6.67. The van der Waals surface area contributed by atoms with Crippen LogP contribution in [0.3, 0.4) is 0 Å². The Bertz CT molecular complexity index is 3880. The van der Waals surface area contributed by atoms with Crippen LogP contribution in [0.1, 0.15) is 0 Å². The quantitative estimate of drug-likeness (QED) is 0.173. The summed E-state index contributed by atoms with van der Waals surface area (Å²) in [4.78, 5) is 15.6. The van der Waals surface area contributed by atoms with E-state index in [0.29, 0.717) is 17.5 Å². The minimum absolute atomic E-state index is 0.540. The second-order valence-corrected chi connectivity index (χ2v) is 15.5. The van der Waals surface area contributed by atoms with Crippen LogP contribution in [0.2, 0.25) is 0 Å². The SMILES string of the molecule is c1ccc(-c2ccc(-c3nc(-c4ccc5c(c4)oc4ccccc45)nc(-c4cccc5oc6cccc(-c7cccc8oc9c%10ccccc%10ccc9c78)c6c45)n3)cc2)cc1. The Labute approximate surface area is 348 Å². The molecule has 284 valence electrons. The molecule has 13 rings (SSSR count). The summed E-state index contributed by atoms with van der Waals surface area (Å²) in [5.74, 6) is 1.65. The van der Waals surface area contributed by atoms with Gasteiger partial charge in [0, 0.05) is 54.4 Å². The predicted molar refractivity (Wildman–Crippen MR) is 246 cm³/mol. The smallest absolute Gasteiger partial charge is 0.164 e. The van der Waals surface area contributed by atoms with Gasteiger partial charge in [0.15, 0.2) is 17.5 Å². The molecule has 0 aliphatic rings. The molecular formula is C55H31N3O3. The van der Waals surface area contributed by atoms with Crippen LogP contribution in [0.5, 0.6) is 0 Å². The first-order valence-electron chi connectivity index (χ1n) is 20.3. The van der Waals surface area contributed by atoms with E-state index in [1.165, 1.54) is 0 Å². The van der Waals surface area contributed by atoms with E-state index in [1.807, 2.05) is 48.5 Å². The highest BCUT2D eigenvalue weighted by atomic mass is 16.3. The van der Waals surface area contributed by atoms with E-state index >= 15 is 0 Å². The number of hydrogen-bond acceptors (Lipinski definition) is 6. The van der Waals surface area contributed by atoms with Gasteiger partial charge in [0.2, 0.25) is 0 Å². The van der Waals surface area contributed by atoms with Gasteiger partial charge in [-0.15, -0.1) is 0 Å². The van der Waals surface area contributed by atoms with Gasteiger partial charge in [0.25, 0.3) is 0 Å². The van der Waals surface area contributed by atoms with E-state index in [2.05, 4.69) is 140 Å². The first-order chi connectivity index (χ1) is 30.2. The zero-order chi connectivity index (χ0) is 40.0. The maximum atomic E-state index is 6.67. The van der Waals surface area contributed by atoms with Gasteiger partial charge in [0.1, 0.15) is 33.5 Å². The Morgan fingerprint density at radius 3 is 1.61 bits per heavy atom. The van der Waals surface area contributed by atoms with Crippen LogP contribution in [0.15, 0.2) is 201 Å². The van der Waals surface area contributed by atoms with E-state index in [0.717, 1.165) is 116 Å². The zero-order valence-electron chi connectivity index (χ0n) is 32.5. The Hall–Kier alpha value is -8.35. The summed E-state index contributed by atoms with van der Waals surface area (Å²) in [6, 6.07) is 64.4. The van der Waals surface area contributed by atoms with Crippen LogP contribution in [0, 0.1) is 0 Å². The van der Waals surface area contributed by atoms with E-state index in [9.17, 15) is 0 Å². The lowest BCUT2D eigenvalue weighted by Gasteiger charge is -2.11. The number of rotatable bonds is 5. The standard InChI is InChI=1S/C55H31N3O3/c1-2-11-32(12-3-1)33-23-25-35(26-24-33)53-56-54(36-28-29-39-38-15-6-7-19-44(38)59-48(39)31-36)58-55(57-53)43-18-10-22-47-51(43)50-41(17-9-21-46(50)60-47)40-16-8-20-45-49(40)42-30-27-34-13-4-5-14-37(34)52(42)61-45/h1-31H. The van der Waals surface area contributed by atoms with Crippen molar-refractivity contribution in [3.63, 3.8) is 0 Å². The predicted octanol–water partition coefficient (Wildman–Crippen LogP) is 15.1. The molecule has 4 heterocycles. The third-order valence-electron chi connectivity index (χ3n) is 12.0. The molecule has 0 atom stereocenters. The number of nitrogens with zero attached hydrogens (tertiary/aromatic N) is 3. The third-order valence-corrected chi connectivity index (χ3v) is 12.0. The fraction of sp³-hybridized carbons (Fsp3) is 0. The van der Waals surface area contributed by atoms with E-state index in [1.54, 1.807) is 0 Å². The topological polar surface area (TPSA) is 78.1 Å². The third kappa shape index (κ3) is 5.26. The van der Waals surface area contributed by atoms with Crippen molar-refractivity contribution in [1.29, 1.82) is 0 Å². The molecule has 6 nitrogen and oxygen atoms in total. The van der Waals surface area contributed by atoms with Crippen molar-refractivity contribution in [2.24, 2.45) is 0 Å². The van der Waals surface area contributed by atoms with Gasteiger partial charge in [-0.2, -0.15) is 0 Å². The van der Waals surface area contributed by atoms with Crippen molar-refractivity contribution in [3.05, 3.63) is 188 Å². The van der Waals surface area contributed by atoms with Gasteiger partial charge in [-0.05, 0) is 70.1 Å². The first kappa shape index (κ1) is 33.6. The summed E-state index contributed by atoms with van der Waals surface area (Å²) in [5.41, 5.74) is 11.8. The Morgan fingerprint density at radius 1 is 0.279 bits per heavy atom. The molecule has 0 saturated carbocycles. The number of benzene rings is 9. The van der Waals surface area contributed by atoms with Gasteiger partial charge in [0.05, 0.1) is 0 Å². The van der Waals surface area contributed by atoms with Crippen LogP contribution in [0.4, 0.5) is 0 Å². The summed E-state index contributed by atoms with van der Waals surface area (Å²) in [7, 11) is 0. The molecule has 0 aliphatic heterocycles. The maximum Gasteiger partial charge on any atom is 0.164 e. The van der Waals surface area contributed by atoms with Crippen molar-refractivity contribution in [1.82, 2.24) is 15.0 Å². The lowest BCUT2D eigenvalue weighted by Crippen LogP contribution is -2.00. The largest absolute Gasteiger partial charge is 0.456 e. The van der Waals surface area contributed by atoms with E-state index < -0.39 is 0 Å². The van der Waals surface area contributed by atoms with Crippen molar-refractivity contribution >= 4 is 76.6 Å². The molecule has 0 saturated heterocycles. The molecule has 0 aliphatic carbocycles. The lowest BCUT2D eigenvalue weighted by molar-refractivity contribution is 0.668. The van der Waals surface area contributed by atoms with Gasteiger partial charge in [-0.1, -0.05) is 146 Å². The molecule has 0 bridgehead atoms. The highest BCUT2D eigenvalue weighted by molar-refractivity contribution is 6.24. The Morgan fingerprint density at radius 2 is 0.803 bits per heavy atom. The average molecular weight is 782 g/mol. The Kier molecular flexibility index (Phi) is 7.21. The molecule has 0 N–H and O–H groups in total. The van der Waals surface area contributed by atoms with Crippen LogP contribution in [0.25, 0.3) is 133 Å². The molecule has 0 spiro atoms. The van der Waals surface area contributed by atoms with Crippen LogP contribution in [-0.4, -0.2) is 15.0 Å².